The number of amides is 2. The highest BCUT2D eigenvalue weighted by Crippen LogP contribution is 2.45. The Bertz CT molecular complexity index is 897. The van der Waals surface area contributed by atoms with E-state index in [0.29, 0.717) is 37.4 Å². The Morgan fingerprint density at radius 3 is 2.52 bits per heavy atom. The largest absolute Gasteiger partial charge is 0.484 e. The third-order valence-corrected chi connectivity index (χ3v) is 5.77. The van der Waals surface area contributed by atoms with Crippen molar-refractivity contribution in [2.24, 2.45) is 0 Å². The number of carbonyl (C=O) groups excluding carboxylic acids is 2. The molecule has 6 nitrogen and oxygen atoms in total. The van der Waals surface area contributed by atoms with E-state index in [4.69, 9.17) is 9.47 Å². The molecular formula is C22H23FN2O4. The van der Waals surface area contributed by atoms with E-state index in [1.54, 1.807) is 34.1 Å². The van der Waals surface area contributed by atoms with E-state index in [9.17, 15) is 14.0 Å². The molecule has 1 spiro atoms. The fraction of sp³-hybridized carbons (Fsp3) is 0.364. The molecule has 152 valence electrons. The van der Waals surface area contributed by atoms with E-state index in [2.05, 4.69) is 0 Å². The van der Waals surface area contributed by atoms with Gasteiger partial charge in [-0.05, 0) is 43.2 Å². The smallest absolute Gasteiger partial charge is 0.260 e. The van der Waals surface area contributed by atoms with E-state index < -0.39 is 17.5 Å². The number of para-hydroxylation sites is 1. The summed E-state index contributed by atoms with van der Waals surface area (Å²) in [6.45, 7) is 0.934. The molecule has 2 aromatic carbocycles. The molecule has 0 aromatic heterocycles. The third kappa shape index (κ3) is 3.46. The number of hydrogen-bond donors (Lipinski definition) is 0. The number of benzene rings is 2. The molecule has 0 N–H and O–H groups in total. The summed E-state index contributed by atoms with van der Waals surface area (Å²) in [5.74, 6) is -0.0152. The topological polar surface area (TPSA) is 59.1 Å². The Kier molecular flexibility index (Phi) is 5.24. The van der Waals surface area contributed by atoms with Gasteiger partial charge in [-0.3, -0.25) is 9.59 Å². The maximum absolute atomic E-state index is 13.7. The van der Waals surface area contributed by atoms with Crippen molar-refractivity contribution in [2.45, 2.75) is 24.5 Å². The molecule has 0 bridgehead atoms. The Labute approximate surface area is 168 Å². The first kappa shape index (κ1) is 19.4. The van der Waals surface area contributed by atoms with Gasteiger partial charge in [0.15, 0.2) is 12.7 Å². The molecule has 0 aliphatic carbocycles. The fourth-order valence-electron chi connectivity index (χ4n) is 4.32. The molecule has 7 heteroatoms. The van der Waals surface area contributed by atoms with Crippen molar-refractivity contribution in [1.82, 2.24) is 4.90 Å². The second-order valence-electron chi connectivity index (χ2n) is 7.36. The number of rotatable bonds is 5. The number of methoxy groups -OCH3 is 1. The standard InChI is InChI=1S/C22H23FN2O4/c1-28-20-21(27)25(17-7-5-6-16(23)14-17)22(20)10-12-24(13-11-22)19(26)15-29-18-8-3-2-4-9-18/h2-9,14,20H,10-13,15H2,1H3. The van der Waals surface area contributed by atoms with Crippen molar-refractivity contribution >= 4 is 17.5 Å². The van der Waals surface area contributed by atoms with Gasteiger partial charge >= 0.3 is 0 Å². The van der Waals surface area contributed by atoms with Gasteiger partial charge in [-0.2, -0.15) is 0 Å². The summed E-state index contributed by atoms with van der Waals surface area (Å²) in [7, 11) is 1.51. The van der Waals surface area contributed by atoms with Crippen molar-refractivity contribution in [2.75, 3.05) is 31.7 Å². The number of piperidine rings is 1. The lowest BCUT2D eigenvalue weighted by Crippen LogP contribution is -2.78. The zero-order valence-electron chi connectivity index (χ0n) is 16.2. The van der Waals surface area contributed by atoms with Gasteiger partial charge in [0.2, 0.25) is 0 Å². The van der Waals surface area contributed by atoms with Gasteiger partial charge in [-0.1, -0.05) is 24.3 Å². The minimum atomic E-state index is -0.580. The zero-order chi connectivity index (χ0) is 20.4. The monoisotopic (exact) mass is 398 g/mol. The van der Waals surface area contributed by atoms with Crippen LogP contribution in [0.4, 0.5) is 10.1 Å². The normalized spacial score (nSPS) is 20.5. The Morgan fingerprint density at radius 1 is 1.14 bits per heavy atom. The van der Waals surface area contributed by atoms with Crippen molar-refractivity contribution in [3.05, 3.63) is 60.4 Å². The molecule has 2 saturated heterocycles. The summed E-state index contributed by atoms with van der Waals surface area (Å²) in [5, 5.41) is 0. The van der Waals surface area contributed by atoms with Crippen LogP contribution in [0.25, 0.3) is 0 Å². The van der Waals surface area contributed by atoms with E-state index in [1.165, 1.54) is 19.2 Å². The average Bonchev–Trinajstić information content (AvgIpc) is 2.73. The van der Waals surface area contributed by atoms with Crippen LogP contribution in [-0.4, -0.2) is 55.2 Å². The average molecular weight is 398 g/mol. The molecule has 1 unspecified atom stereocenters. The molecule has 4 rings (SSSR count). The number of ether oxygens (including phenoxy) is 2. The van der Waals surface area contributed by atoms with Crippen molar-refractivity contribution in [1.29, 1.82) is 0 Å². The van der Waals surface area contributed by atoms with Crippen molar-refractivity contribution < 1.29 is 23.5 Å². The lowest BCUT2D eigenvalue weighted by atomic mass is 9.72. The SMILES string of the molecule is COC1C(=O)N(c2cccc(F)c2)C12CCN(C(=O)COc1ccccc1)CC2. The number of carbonyl (C=O) groups is 2. The van der Waals surface area contributed by atoms with Crippen LogP contribution in [0.3, 0.4) is 0 Å². The minimum absolute atomic E-state index is 0.0305. The predicted molar refractivity (Wildman–Crippen MR) is 105 cm³/mol. The second-order valence-corrected chi connectivity index (χ2v) is 7.36. The van der Waals surface area contributed by atoms with Gasteiger partial charge < -0.3 is 19.3 Å². The lowest BCUT2D eigenvalue weighted by Gasteiger charge is -2.59. The highest BCUT2D eigenvalue weighted by atomic mass is 19.1. The highest BCUT2D eigenvalue weighted by Gasteiger charge is 2.62. The molecule has 2 heterocycles. The molecule has 29 heavy (non-hydrogen) atoms. The molecule has 0 radical (unpaired) electrons. The van der Waals surface area contributed by atoms with Crippen LogP contribution in [0.1, 0.15) is 12.8 Å². The van der Waals surface area contributed by atoms with Gasteiger partial charge in [0, 0.05) is 25.9 Å². The summed E-state index contributed by atoms with van der Waals surface area (Å²) >= 11 is 0. The van der Waals surface area contributed by atoms with E-state index >= 15 is 0 Å². The summed E-state index contributed by atoms with van der Waals surface area (Å²) in [4.78, 5) is 28.5. The number of hydrogen-bond acceptors (Lipinski definition) is 4. The fourth-order valence-corrected chi connectivity index (χ4v) is 4.32. The predicted octanol–water partition coefficient (Wildman–Crippen LogP) is 2.63. The summed E-state index contributed by atoms with van der Waals surface area (Å²) < 4.78 is 24.7. The summed E-state index contributed by atoms with van der Waals surface area (Å²) in [6.07, 6.45) is 0.541. The first-order chi connectivity index (χ1) is 14.0. The summed E-state index contributed by atoms with van der Waals surface area (Å²) in [5.41, 5.74) is -0.0352. The molecule has 1 atom stereocenters. The first-order valence-corrected chi connectivity index (χ1v) is 9.63. The van der Waals surface area contributed by atoms with Crippen LogP contribution in [0.2, 0.25) is 0 Å². The number of β-lactam (4-membered cyclic amide) rings is 1. The molecule has 2 aliphatic rings. The third-order valence-electron chi connectivity index (χ3n) is 5.77. The molecular weight excluding hydrogens is 375 g/mol. The van der Waals surface area contributed by atoms with Crippen LogP contribution < -0.4 is 9.64 Å². The lowest BCUT2D eigenvalue weighted by molar-refractivity contribution is -0.153. The van der Waals surface area contributed by atoms with Gasteiger partial charge in [0.25, 0.3) is 11.8 Å². The van der Waals surface area contributed by atoms with Gasteiger partial charge in [0.1, 0.15) is 11.6 Å². The Hall–Kier alpha value is -2.93. The maximum atomic E-state index is 13.7. The maximum Gasteiger partial charge on any atom is 0.260 e. The Balaban J connectivity index is 1.43. The quantitative estimate of drug-likeness (QED) is 0.727. The minimum Gasteiger partial charge on any atom is -0.484 e. The van der Waals surface area contributed by atoms with Crippen LogP contribution in [0, 0.1) is 5.82 Å². The first-order valence-electron chi connectivity index (χ1n) is 9.63. The van der Waals surface area contributed by atoms with E-state index in [0.717, 1.165) is 0 Å². The zero-order valence-corrected chi connectivity index (χ0v) is 16.2. The van der Waals surface area contributed by atoms with E-state index in [1.807, 2.05) is 18.2 Å². The molecule has 2 aliphatic heterocycles. The van der Waals surface area contributed by atoms with Gasteiger partial charge in [-0.25, -0.2) is 4.39 Å². The van der Waals surface area contributed by atoms with Crippen LogP contribution in [-0.2, 0) is 14.3 Å². The molecule has 2 fully saturated rings. The Morgan fingerprint density at radius 2 is 1.86 bits per heavy atom. The molecule has 0 saturated carbocycles. The van der Waals surface area contributed by atoms with Crippen molar-refractivity contribution in [3.63, 3.8) is 0 Å². The number of anilines is 1. The highest BCUT2D eigenvalue weighted by molar-refractivity contribution is 6.07. The number of likely N-dealkylation sites (tertiary alicyclic amines) is 1. The van der Waals surface area contributed by atoms with Gasteiger partial charge in [0.05, 0.1) is 5.54 Å². The van der Waals surface area contributed by atoms with Gasteiger partial charge in [-0.15, -0.1) is 0 Å². The molecule has 2 amide bonds. The van der Waals surface area contributed by atoms with Crippen LogP contribution in [0.5, 0.6) is 5.75 Å². The number of nitrogens with zero attached hydrogens (tertiary/aromatic N) is 2. The number of halogens is 1. The summed E-state index contributed by atoms with van der Waals surface area (Å²) in [6, 6.07) is 15.2. The second kappa shape index (κ2) is 7.83. The van der Waals surface area contributed by atoms with Crippen molar-refractivity contribution in [3.8, 4) is 5.75 Å². The van der Waals surface area contributed by atoms with Crippen LogP contribution in [0.15, 0.2) is 54.6 Å². The van der Waals surface area contributed by atoms with Crippen LogP contribution >= 0.6 is 0 Å². The van der Waals surface area contributed by atoms with E-state index in [-0.39, 0.29) is 18.4 Å². The molecule has 2 aromatic rings.